The van der Waals surface area contributed by atoms with Crippen LogP contribution in [0.4, 0.5) is 0 Å². The highest BCUT2D eigenvalue weighted by Gasteiger charge is 2.09. The third-order valence-corrected chi connectivity index (χ3v) is 2.42. The second-order valence-corrected chi connectivity index (χ2v) is 3.32. The highest BCUT2D eigenvalue weighted by Crippen LogP contribution is 2.19. The van der Waals surface area contributed by atoms with Gasteiger partial charge < -0.3 is 0 Å². The molecule has 2 heteroatoms. The first-order valence-corrected chi connectivity index (χ1v) is 4.96. The minimum absolute atomic E-state index is 0.367. The van der Waals surface area contributed by atoms with Gasteiger partial charge in [-0.05, 0) is 18.1 Å². The lowest BCUT2D eigenvalue weighted by molar-refractivity contribution is 0.509. The number of aromatic nitrogens is 2. The summed E-state index contributed by atoms with van der Waals surface area (Å²) in [6, 6.07) is 12.8. The summed E-state index contributed by atoms with van der Waals surface area (Å²) in [4.78, 5) is 0. The molecular weight excluding hydrogens is 172 g/mol. The molecule has 0 bridgehead atoms. The second kappa shape index (κ2) is 4.09. The molecule has 0 N–H and O–H groups in total. The maximum atomic E-state index is 4.28. The largest absolute Gasteiger partial charge is 0.265 e. The Bertz CT molecular complexity index is 364. The molecule has 0 saturated heterocycles. The Balaban J connectivity index is 2.31. The number of nitrogens with zero attached hydrogens (tertiary/aromatic N) is 2. The van der Waals surface area contributed by atoms with E-state index in [1.807, 2.05) is 29.2 Å². The van der Waals surface area contributed by atoms with Gasteiger partial charge in [-0.3, -0.25) is 4.68 Å². The van der Waals surface area contributed by atoms with E-state index in [9.17, 15) is 0 Å². The molecule has 0 spiro atoms. The van der Waals surface area contributed by atoms with E-state index in [1.165, 1.54) is 5.56 Å². The van der Waals surface area contributed by atoms with Crippen LogP contribution >= 0.6 is 0 Å². The monoisotopic (exact) mass is 186 g/mol. The average molecular weight is 186 g/mol. The first-order chi connectivity index (χ1) is 6.92. The molecule has 2 nitrogen and oxygen atoms in total. The Morgan fingerprint density at radius 2 is 2.00 bits per heavy atom. The Kier molecular flexibility index (Phi) is 2.63. The molecule has 0 radical (unpaired) electrons. The maximum absolute atomic E-state index is 4.28. The van der Waals surface area contributed by atoms with E-state index in [0.717, 1.165) is 6.42 Å². The lowest BCUT2D eigenvalue weighted by Gasteiger charge is -2.15. The molecule has 2 aromatic rings. The van der Waals surface area contributed by atoms with Crippen molar-refractivity contribution in [1.82, 2.24) is 9.78 Å². The molecule has 1 aromatic heterocycles. The van der Waals surface area contributed by atoms with Crippen LogP contribution in [0.5, 0.6) is 0 Å². The normalized spacial score (nSPS) is 12.6. The van der Waals surface area contributed by atoms with Crippen LogP contribution in [0.2, 0.25) is 0 Å². The molecule has 0 fully saturated rings. The van der Waals surface area contributed by atoms with Gasteiger partial charge in [0, 0.05) is 12.4 Å². The Morgan fingerprint density at radius 1 is 1.21 bits per heavy atom. The fraction of sp³-hybridized carbons (Fsp3) is 0.250. The van der Waals surface area contributed by atoms with Crippen molar-refractivity contribution in [3.8, 4) is 0 Å². The molecule has 0 aliphatic carbocycles. The molecule has 1 aromatic carbocycles. The summed E-state index contributed by atoms with van der Waals surface area (Å²) in [6.07, 6.45) is 4.90. The quantitative estimate of drug-likeness (QED) is 0.720. The van der Waals surface area contributed by atoms with E-state index >= 15 is 0 Å². The van der Waals surface area contributed by atoms with Crippen molar-refractivity contribution in [1.29, 1.82) is 0 Å². The van der Waals surface area contributed by atoms with Crippen LogP contribution in [-0.2, 0) is 0 Å². The molecule has 0 aliphatic heterocycles. The van der Waals surface area contributed by atoms with Gasteiger partial charge in [0.25, 0.3) is 0 Å². The van der Waals surface area contributed by atoms with Gasteiger partial charge in [-0.25, -0.2) is 0 Å². The van der Waals surface area contributed by atoms with Crippen molar-refractivity contribution in [2.24, 2.45) is 0 Å². The van der Waals surface area contributed by atoms with Gasteiger partial charge in [0.05, 0.1) is 6.04 Å². The van der Waals surface area contributed by atoms with Crippen molar-refractivity contribution in [2.45, 2.75) is 19.4 Å². The standard InChI is InChI=1S/C12H14N2/c1-2-12(14-10-6-9-13-14)11-7-4-3-5-8-11/h3-10,12H,2H2,1H3. The predicted octanol–water partition coefficient (Wildman–Crippen LogP) is 2.88. The molecule has 0 aliphatic rings. The molecule has 72 valence electrons. The summed E-state index contributed by atoms with van der Waals surface area (Å²) in [5.74, 6) is 0. The van der Waals surface area contributed by atoms with E-state index < -0.39 is 0 Å². The van der Waals surface area contributed by atoms with Gasteiger partial charge in [-0.2, -0.15) is 5.10 Å². The fourth-order valence-corrected chi connectivity index (χ4v) is 1.72. The third-order valence-electron chi connectivity index (χ3n) is 2.42. The van der Waals surface area contributed by atoms with Crippen LogP contribution in [0, 0.1) is 0 Å². The van der Waals surface area contributed by atoms with Gasteiger partial charge in [-0.15, -0.1) is 0 Å². The van der Waals surface area contributed by atoms with Crippen molar-refractivity contribution in [2.75, 3.05) is 0 Å². The van der Waals surface area contributed by atoms with E-state index in [-0.39, 0.29) is 0 Å². The number of hydrogen-bond donors (Lipinski definition) is 0. The van der Waals surface area contributed by atoms with Crippen LogP contribution in [0.15, 0.2) is 48.8 Å². The van der Waals surface area contributed by atoms with Crippen LogP contribution in [0.3, 0.4) is 0 Å². The maximum Gasteiger partial charge on any atom is 0.0765 e. The first kappa shape index (κ1) is 9.00. The number of benzene rings is 1. The third kappa shape index (κ3) is 1.69. The Labute approximate surface area is 84.2 Å². The van der Waals surface area contributed by atoms with E-state index in [2.05, 4.69) is 36.3 Å². The summed E-state index contributed by atoms with van der Waals surface area (Å²) in [6.45, 7) is 2.18. The minimum atomic E-state index is 0.367. The van der Waals surface area contributed by atoms with Gasteiger partial charge in [0.15, 0.2) is 0 Å². The zero-order valence-electron chi connectivity index (χ0n) is 8.30. The molecule has 1 atom stereocenters. The van der Waals surface area contributed by atoms with Crippen molar-refractivity contribution in [3.63, 3.8) is 0 Å². The Hall–Kier alpha value is -1.57. The lowest BCUT2D eigenvalue weighted by Crippen LogP contribution is -2.09. The topological polar surface area (TPSA) is 17.8 Å². The average Bonchev–Trinajstić information content (AvgIpc) is 2.74. The van der Waals surface area contributed by atoms with Crippen LogP contribution < -0.4 is 0 Å². The highest BCUT2D eigenvalue weighted by molar-refractivity contribution is 5.19. The zero-order chi connectivity index (χ0) is 9.80. The second-order valence-electron chi connectivity index (χ2n) is 3.32. The van der Waals surface area contributed by atoms with Gasteiger partial charge in [0.2, 0.25) is 0 Å². The molecule has 1 heterocycles. The molecule has 0 amide bonds. The van der Waals surface area contributed by atoms with Gasteiger partial charge >= 0.3 is 0 Å². The van der Waals surface area contributed by atoms with Gasteiger partial charge in [-0.1, -0.05) is 37.3 Å². The Morgan fingerprint density at radius 3 is 2.57 bits per heavy atom. The highest BCUT2D eigenvalue weighted by atomic mass is 15.3. The molecule has 2 rings (SSSR count). The zero-order valence-corrected chi connectivity index (χ0v) is 8.30. The summed E-state index contributed by atoms with van der Waals surface area (Å²) in [7, 11) is 0. The summed E-state index contributed by atoms with van der Waals surface area (Å²) in [5, 5.41) is 4.28. The van der Waals surface area contributed by atoms with Crippen molar-refractivity contribution >= 4 is 0 Å². The molecule has 1 unspecified atom stereocenters. The predicted molar refractivity (Wildman–Crippen MR) is 57.1 cm³/mol. The fourth-order valence-electron chi connectivity index (χ4n) is 1.72. The van der Waals surface area contributed by atoms with Crippen LogP contribution in [0.25, 0.3) is 0 Å². The minimum Gasteiger partial charge on any atom is -0.265 e. The first-order valence-electron chi connectivity index (χ1n) is 4.96. The van der Waals surface area contributed by atoms with E-state index in [1.54, 1.807) is 0 Å². The SMILES string of the molecule is CCC(c1ccccc1)n1cccn1. The van der Waals surface area contributed by atoms with Gasteiger partial charge in [0.1, 0.15) is 0 Å². The van der Waals surface area contributed by atoms with Crippen molar-refractivity contribution in [3.05, 3.63) is 54.4 Å². The van der Waals surface area contributed by atoms with E-state index in [0.29, 0.717) is 6.04 Å². The smallest absolute Gasteiger partial charge is 0.0765 e. The number of rotatable bonds is 3. The summed E-state index contributed by atoms with van der Waals surface area (Å²) >= 11 is 0. The van der Waals surface area contributed by atoms with Crippen LogP contribution in [-0.4, -0.2) is 9.78 Å². The molecular formula is C12H14N2. The molecule has 0 saturated carbocycles. The van der Waals surface area contributed by atoms with Crippen molar-refractivity contribution < 1.29 is 0 Å². The summed E-state index contributed by atoms with van der Waals surface area (Å²) < 4.78 is 2.01. The molecule has 14 heavy (non-hydrogen) atoms. The lowest BCUT2D eigenvalue weighted by atomic mass is 10.1. The van der Waals surface area contributed by atoms with Crippen LogP contribution in [0.1, 0.15) is 24.9 Å². The summed E-state index contributed by atoms with van der Waals surface area (Å²) in [5.41, 5.74) is 1.32. The number of hydrogen-bond acceptors (Lipinski definition) is 1. The van der Waals surface area contributed by atoms with E-state index in [4.69, 9.17) is 0 Å².